The fourth-order valence-electron chi connectivity index (χ4n) is 4.01. The van der Waals surface area contributed by atoms with Crippen LogP contribution in [0, 0.1) is 20.8 Å². The van der Waals surface area contributed by atoms with Gasteiger partial charge in [0.05, 0.1) is 10.5 Å². The van der Waals surface area contributed by atoms with Gasteiger partial charge in [-0.05, 0) is 57.9 Å². The second kappa shape index (κ2) is 8.95. The topological polar surface area (TPSA) is 112 Å². The van der Waals surface area contributed by atoms with Crippen molar-refractivity contribution >= 4 is 21.8 Å². The number of rotatable bonds is 7. The lowest BCUT2D eigenvalue weighted by atomic mass is 10.1. The van der Waals surface area contributed by atoms with Gasteiger partial charge in [0.1, 0.15) is 5.76 Å². The molecular formula is C23H25N3O6S. The molecule has 0 bridgehead atoms. The van der Waals surface area contributed by atoms with Crippen molar-refractivity contribution in [3.63, 3.8) is 0 Å². The summed E-state index contributed by atoms with van der Waals surface area (Å²) in [6, 6.07) is 9.18. The van der Waals surface area contributed by atoms with Gasteiger partial charge in [0, 0.05) is 36.1 Å². The van der Waals surface area contributed by atoms with Crippen LogP contribution in [0.15, 0.2) is 45.8 Å². The number of aromatic nitrogens is 2. The summed E-state index contributed by atoms with van der Waals surface area (Å²) in [7, 11) is -3.66. The Morgan fingerprint density at radius 1 is 1.09 bits per heavy atom. The molecule has 3 heterocycles. The van der Waals surface area contributed by atoms with Crippen molar-refractivity contribution < 1.29 is 27.3 Å². The first kappa shape index (κ1) is 22.9. The molecule has 1 saturated heterocycles. The fraction of sp³-hybridized carbons (Fsp3) is 0.348. The number of nitrogens with zero attached hydrogens (tertiary/aromatic N) is 3. The van der Waals surface area contributed by atoms with E-state index in [-0.39, 0.29) is 16.2 Å². The monoisotopic (exact) mass is 471 g/mol. The first-order valence-corrected chi connectivity index (χ1v) is 12.1. The van der Waals surface area contributed by atoms with E-state index in [0.717, 1.165) is 18.5 Å². The maximum atomic E-state index is 12.8. The van der Waals surface area contributed by atoms with E-state index >= 15 is 0 Å². The summed E-state index contributed by atoms with van der Waals surface area (Å²) in [5.41, 5.74) is 1.92. The third-order valence-corrected chi connectivity index (χ3v) is 7.58. The van der Waals surface area contributed by atoms with Gasteiger partial charge >= 0.3 is 5.97 Å². The Bertz CT molecular complexity index is 1320. The Kier molecular flexibility index (Phi) is 6.22. The molecule has 33 heavy (non-hydrogen) atoms. The second-order valence-corrected chi connectivity index (χ2v) is 9.99. The van der Waals surface area contributed by atoms with Gasteiger partial charge in [-0.1, -0.05) is 11.2 Å². The third kappa shape index (κ3) is 4.49. The van der Waals surface area contributed by atoms with E-state index in [9.17, 15) is 18.0 Å². The van der Waals surface area contributed by atoms with Crippen LogP contribution in [0.1, 0.15) is 50.7 Å². The largest absolute Gasteiger partial charge is 0.454 e. The smallest absolute Gasteiger partial charge is 0.338 e. The van der Waals surface area contributed by atoms with Crippen LogP contribution in [-0.2, 0) is 14.8 Å². The van der Waals surface area contributed by atoms with Crippen LogP contribution in [0.3, 0.4) is 0 Å². The summed E-state index contributed by atoms with van der Waals surface area (Å²) in [6.07, 6.45) is 1.64. The van der Waals surface area contributed by atoms with Gasteiger partial charge < -0.3 is 9.26 Å². The second-order valence-electron chi connectivity index (χ2n) is 8.05. The Labute approximate surface area is 192 Å². The summed E-state index contributed by atoms with van der Waals surface area (Å²) < 4.78 is 39.0. The fourth-order valence-corrected chi connectivity index (χ4v) is 5.57. The van der Waals surface area contributed by atoms with Crippen molar-refractivity contribution in [1.82, 2.24) is 14.0 Å². The first-order chi connectivity index (χ1) is 15.7. The van der Waals surface area contributed by atoms with Crippen LogP contribution in [0.5, 0.6) is 0 Å². The van der Waals surface area contributed by atoms with Gasteiger partial charge in [0.2, 0.25) is 15.8 Å². The Morgan fingerprint density at radius 2 is 1.82 bits per heavy atom. The van der Waals surface area contributed by atoms with Gasteiger partial charge in [-0.15, -0.1) is 0 Å². The van der Waals surface area contributed by atoms with Crippen LogP contribution in [-0.4, -0.2) is 53.9 Å². The van der Waals surface area contributed by atoms with E-state index in [1.165, 1.54) is 28.6 Å². The van der Waals surface area contributed by atoms with Crippen molar-refractivity contribution in [1.29, 1.82) is 0 Å². The number of hydrogen-bond acceptors (Lipinski definition) is 7. The van der Waals surface area contributed by atoms with E-state index in [2.05, 4.69) is 5.16 Å². The van der Waals surface area contributed by atoms with E-state index in [4.69, 9.17) is 9.26 Å². The molecule has 0 aliphatic carbocycles. The molecule has 0 N–H and O–H groups in total. The van der Waals surface area contributed by atoms with Gasteiger partial charge in [0.25, 0.3) is 0 Å². The molecule has 0 amide bonds. The van der Waals surface area contributed by atoms with Crippen molar-refractivity contribution in [3.8, 4) is 5.82 Å². The Morgan fingerprint density at radius 3 is 2.48 bits per heavy atom. The number of esters is 1. The minimum atomic E-state index is -3.66. The molecule has 0 spiro atoms. The maximum absolute atomic E-state index is 12.8. The van der Waals surface area contributed by atoms with Crippen molar-refractivity contribution in [3.05, 3.63) is 64.7 Å². The van der Waals surface area contributed by atoms with Crippen LogP contribution in [0.2, 0.25) is 0 Å². The number of sulfonamides is 1. The molecule has 10 heteroatoms. The zero-order valence-corrected chi connectivity index (χ0v) is 19.5. The molecule has 2 aromatic heterocycles. The molecule has 0 radical (unpaired) electrons. The predicted molar refractivity (Wildman–Crippen MR) is 119 cm³/mol. The van der Waals surface area contributed by atoms with E-state index < -0.39 is 22.6 Å². The molecule has 0 atom stereocenters. The van der Waals surface area contributed by atoms with Crippen LogP contribution in [0.25, 0.3) is 5.82 Å². The van der Waals surface area contributed by atoms with Gasteiger partial charge in [0.15, 0.2) is 12.4 Å². The highest BCUT2D eigenvalue weighted by molar-refractivity contribution is 7.89. The summed E-state index contributed by atoms with van der Waals surface area (Å²) in [4.78, 5) is 25.4. The van der Waals surface area contributed by atoms with E-state index in [1.807, 2.05) is 6.92 Å². The zero-order valence-electron chi connectivity index (χ0n) is 18.7. The summed E-state index contributed by atoms with van der Waals surface area (Å²) >= 11 is 0. The summed E-state index contributed by atoms with van der Waals surface area (Å²) in [5, 5.41) is 3.99. The van der Waals surface area contributed by atoms with E-state index in [1.54, 1.807) is 30.5 Å². The minimum Gasteiger partial charge on any atom is -0.454 e. The SMILES string of the molecule is Cc1cc(-n2c(C)cc(C(=O)COC(=O)c3cccc(S(=O)(=O)N4CCCC4)c3)c2C)no1. The number of benzene rings is 1. The standard InChI is InChI=1S/C23H25N3O6S/c1-15-11-20(17(3)26(15)22-12-16(2)32-24-22)21(27)14-31-23(28)18-7-6-8-19(13-18)33(29,30)25-9-4-5-10-25/h6-8,11-13H,4-5,9-10,14H2,1-3H3. The molecule has 0 saturated carbocycles. The normalized spacial score (nSPS) is 14.5. The minimum absolute atomic E-state index is 0.0385. The number of carbonyl (C=O) groups is 2. The molecular weight excluding hydrogens is 446 g/mol. The molecule has 1 fully saturated rings. The predicted octanol–water partition coefficient (Wildman–Crippen LogP) is 3.21. The number of hydrogen-bond donors (Lipinski definition) is 0. The lowest BCUT2D eigenvalue weighted by Crippen LogP contribution is -2.28. The average Bonchev–Trinajstić information content (AvgIpc) is 3.53. The Balaban J connectivity index is 1.47. The molecule has 9 nitrogen and oxygen atoms in total. The zero-order chi connectivity index (χ0) is 23.8. The highest BCUT2D eigenvalue weighted by Gasteiger charge is 2.28. The van der Waals surface area contributed by atoms with Crippen molar-refractivity contribution in [2.24, 2.45) is 0 Å². The third-order valence-electron chi connectivity index (χ3n) is 5.68. The first-order valence-electron chi connectivity index (χ1n) is 10.6. The van der Waals surface area contributed by atoms with Gasteiger partial charge in [-0.3, -0.25) is 9.36 Å². The van der Waals surface area contributed by atoms with Crippen molar-refractivity contribution in [2.45, 2.75) is 38.5 Å². The molecule has 1 aliphatic rings. The highest BCUT2D eigenvalue weighted by Crippen LogP contribution is 2.23. The Hall–Kier alpha value is -3.24. The lowest BCUT2D eigenvalue weighted by molar-refractivity contribution is 0.0474. The van der Waals surface area contributed by atoms with Gasteiger partial charge in [-0.2, -0.15) is 4.31 Å². The maximum Gasteiger partial charge on any atom is 0.338 e. The number of ether oxygens (including phenoxy) is 1. The van der Waals surface area contributed by atoms with Crippen molar-refractivity contribution in [2.75, 3.05) is 19.7 Å². The molecule has 174 valence electrons. The molecule has 0 unspecified atom stereocenters. The van der Waals surface area contributed by atoms with E-state index in [0.29, 0.717) is 35.9 Å². The van der Waals surface area contributed by atoms with Crippen LogP contribution < -0.4 is 0 Å². The average molecular weight is 472 g/mol. The quantitative estimate of drug-likeness (QED) is 0.384. The summed E-state index contributed by atoms with van der Waals surface area (Å²) in [6.45, 7) is 5.87. The number of ketones is 1. The number of carbonyl (C=O) groups excluding carboxylic acids is 2. The molecule has 1 aliphatic heterocycles. The number of Topliss-reactive ketones (excluding diaryl/α,β-unsaturated/α-hetero) is 1. The number of aryl methyl sites for hydroxylation is 2. The lowest BCUT2D eigenvalue weighted by Gasteiger charge is -2.15. The molecule has 4 rings (SSSR count). The van der Waals surface area contributed by atoms with Gasteiger partial charge in [-0.25, -0.2) is 13.2 Å². The highest BCUT2D eigenvalue weighted by atomic mass is 32.2. The van der Waals surface area contributed by atoms with Crippen LogP contribution >= 0.6 is 0 Å². The molecule has 1 aromatic carbocycles. The summed E-state index contributed by atoms with van der Waals surface area (Å²) in [5.74, 6) is 0.0781. The van der Waals surface area contributed by atoms with Crippen LogP contribution in [0.4, 0.5) is 0 Å². The molecule has 3 aromatic rings.